The third-order valence-corrected chi connectivity index (χ3v) is 6.44. The van der Waals surface area contributed by atoms with Crippen LogP contribution in [0.5, 0.6) is 0 Å². The van der Waals surface area contributed by atoms with Crippen molar-refractivity contribution in [2.75, 3.05) is 5.32 Å². The lowest BCUT2D eigenvalue weighted by Gasteiger charge is -2.14. The van der Waals surface area contributed by atoms with E-state index < -0.39 is 0 Å². The molecule has 166 valence electrons. The van der Waals surface area contributed by atoms with Crippen LogP contribution in [0.15, 0.2) is 90.0 Å². The van der Waals surface area contributed by atoms with Crippen LogP contribution in [-0.2, 0) is 0 Å². The van der Waals surface area contributed by atoms with Crippen LogP contribution in [0.1, 0.15) is 21.8 Å². The van der Waals surface area contributed by atoms with Gasteiger partial charge in [0.15, 0.2) is 0 Å². The SMILES string of the molecule is O=C(NC(=Nc1c(Cl)c(Cl)cc(Cl)c1Cl)Nc1ccc(C2C=CC=C2)cc1)c1ccccc1. The number of benzene rings is 3. The number of allylic oxidation sites excluding steroid dienone is 4. The van der Waals surface area contributed by atoms with Crippen molar-refractivity contribution in [2.24, 2.45) is 4.99 Å². The van der Waals surface area contributed by atoms with Gasteiger partial charge in [0.05, 0.1) is 20.1 Å². The van der Waals surface area contributed by atoms with Gasteiger partial charge in [-0.1, -0.05) is 101 Å². The van der Waals surface area contributed by atoms with E-state index >= 15 is 0 Å². The summed E-state index contributed by atoms with van der Waals surface area (Å²) in [5.74, 6) is -0.00403. The summed E-state index contributed by atoms with van der Waals surface area (Å²) in [6.45, 7) is 0. The fourth-order valence-electron chi connectivity index (χ4n) is 3.21. The molecule has 0 aromatic heterocycles. The Balaban J connectivity index is 1.67. The first-order valence-electron chi connectivity index (χ1n) is 9.92. The molecule has 3 aromatic rings. The first kappa shape index (κ1) is 23.4. The second-order valence-corrected chi connectivity index (χ2v) is 8.71. The van der Waals surface area contributed by atoms with Gasteiger partial charge in [-0.05, 0) is 35.9 Å². The van der Waals surface area contributed by atoms with Gasteiger partial charge in [-0.15, -0.1) is 0 Å². The van der Waals surface area contributed by atoms with Gasteiger partial charge >= 0.3 is 0 Å². The summed E-state index contributed by atoms with van der Waals surface area (Å²) in [7, 11) is 0. The summed E-state index contributed by atoms with van der Waals surface area (Å²) in [4.78, 5) is 17.3. The summed E-state index contributed by atoms with van der Waals surface area (Å²) in [5, 5.41) is 6.52. The monoisotopic (exact) mass is 515 g/mol. The second-order valence-electron chi connectivity index (χ2n) is 7.14. The Labute approximate surface area is 211 Å². The standard InChI is InChI=1S/C25H17Cl4N3O/c26-19-14-20(27)22(29)23(21(19)28)31-25(32-24(33)17-8-2-1-3-9-17)30-18-12-10-16(11-13-18)15-6-4-5-7-15/h1-15H,(H2,30,31,32,33). The number of aliphatic imine (C=N–C) groups is 1. The van der Waals surface area contributed by atoms with Crippen molar-refractivity contribution in [1.82, 2.24) is 5.32 Å². The van der Waals surface area contributed by atoms with Crippen molar-refractivity contribution in [3.8, 4) is 0 Å². The van der Waals surface area contributed by atoms with Crippen LogP contribution in [0.3, 0.4) is 0 Å². The molecule has 2 N–H and O–H groups in total. The number of amides is 1. The molecule has 0 unspecified atom stereocenters. The molecular weight excluding hydrogens is 500 g/mol. The second kappa shape index (κ2) is 10.4. The molecule has 0 heterocycles. The highest BCUT2D eigenvalue weighted by Gasteiger charge is 2.17. The van der Waals surface area contributed by atoms with E-state index in [1.165, 1.54) is 6.07 Å². The van der Waals surface area contributed by atoms with E-state index in [-0.39, 0.29) is 43.6 Å². The van der Waals surface area contributed by atoms with Gasteiger partial charge in [0.1, 0.15) is 5.69 Å². The average Bonchev–Trinajstić information content (AvgIpc) is 3.36. The van der Waals surface area contributed by atoms with Gasteiger partial charge in [-0.2, -0.15) is 0 Å². The third kappa shape index (κ3) is 5.60. The highest BCUT2D eigenvalue weighted by atomic mass is 35.5. The van der Waals surface area contributed by atoms with Crippen LogP contribution < -0.4 is 10.6 Å². The molecule has 4 rings (SSSR count). The number of halogens is 4. The zero-order valence-electron chi connectivity index (χ0n) is 17.0. The van der Waals surface area contributed by atoms with Crippen LogP contribution in [0.4, 0.5) is 11.4 Å². The molecule has 0 saturated heterocycles. The lowest BCUT2D eigenvalue weighted by Crippen LogP contribution is -2.35. The zero-order valence-corrected chi connectivity index (χ0v) is 20.1. The molecule has 0 bridgehead atoms. The number of anilines is 1. The lowest BCUT2D eigenvalue weighted by atomic mass is 10.0. The molecule has 0 aliphatic heterocycles. The van der Waals surface area contributed by atoms with Gasteiger partial charge in [0.25, 0.3) is 5.91 Å². The number of carbonyl (C=O) groups is 1. The summed E-state index contributed by atoms with van der Waals surface area (Å²) in [6.07, 6.45) is 8.26. The average molecular weight is 517 g/mol. The Morgan fingerprint density at radius 2 is 1.42 bits per heavy atom. The maximum absolute atomic E-state index is 12.8. The quantitative estimate of drug-likeness (QED) is 0.209. The third-order valence-electron chi connectivity index (χ3n) is 4.89. The number of nitrogens with zero attached hydrogens (tertiary/aromatic N) is 1. The minimum absolute atomic E-state index is 0.111. The van der Waals surface area contributed by atoms with Crippen molar-refractivity contribution in [2.45, 2.75) is 5.92 Å². The van der Waals surface area contributed by atoms with Gasteiger partial charge in [-0.3, -0.25) is 10.1 Å². The molecule has 0 spiro atoms. The van der Waals surface area contributed by atoms with E-state index in [2.05, 4.69) is 27.8 Å². The van der Waals surface area contributed by atoms with Crippen LogP contribution in [0, 0.1) is 0 Å². The summed E-state index contributed by atoms with van der Waals surface area (Å²) in [5.41, 5.74) is 2.45. The smallest absolute Gasteiger partial charge is 0.257 e. The molecule has 0 fully saturated rings. The van der Waals surface area contributed by atoms with Gasteiger partial charge in [0.2, 0.25) is 5.96 Å². The number of carbonyl (C=O) groups excluding carboxylic acids is 1. The van der Waals surface area contributed by atoms with Crippen molar-refractivity contribution in [3.63, 3.8) is 0 Å². The van der Waals surface area contributed by atoms with Gasteiger partial charge in [0, 0.05) is 17.2 Å². The Morgan fingerprint density at radius 1 is 0.818 bits per heavy atom. The maximum Gasteiger partial charge on any atom is 0.257 e. The fourth-order valence-corrected chi connectivity index (χ4v) is 4.09. The maximum atomic E-state index is 12.8. The highest BCUT2D eigenvalue weighted by molar-refractivity contribution is 6.50. The van der Waals surface area contributed by atoms with E-state index in [9.17, 15) is 4.79 Å². The Morgan fingerprint density at radius 3 is 2.03 bits per heavy atom. The van der Waals surface area contributed by atoms with E-state index in [4.69, 9.17) is 46.4 Å². The Hall–Kier alpha value is -2.76. The van der Waals surface area contributed by atoms with Crippen LogP contribution >= 0.6 is 46.4 Å². The number of hydrogen-bond acceptors (Lipinski definition) is 2. The summed E-state index contributed by atoms with van der Waals surface area (Å²) < 4.78 is 0. The van der Waals surface area contributed by atoms with Crippen molar-refractivity contribution in [3.05, 3.63) is 116 Å². The van der Waals surface area contributed by atoms with Crippen molar-refractivity contribution < 1.29 is 4.79 Å². The number of rotatable bonds is 4. The van der Waals surface area contributed by atoms with Gasteiger partial charge in [-0.25, -0.2) is 4.99 Å². The topological polar surface area (TPSA) is 53.5 Å². The lowest BCUT2D eigenvalue weighted by molar-refractivity contribution is 0.0977. The Kier molecular flexibility index (Phi) is 7.41. The van der Waals surface area contributed by atoms with Gasteiger partial charge < -0.3 is 5.32 Å². The van der Waals surface area contributed by atoms with Crippen molar-refractivity contribution in [1.29, 1.82) is 0 Å². The number of guanidine groups is 1. The molecule has 1 aliphatic rings. The highest BCUT2D eigenvalue weighted by Crippen LogP contribution is 2.42. The van der Waals surface area contributed by atoms with Crippen LogP contribution in [0.25, 0.3) is 0 Å². The van der Waals surface area contributed by atoms with E-state index in [0.717, 1.165) is 5.56 Å². The molecular formula is C25H17Cl4N3O. The number of hydrogen-bond donors (Lipinski definition) is 2. The molecule has 33 heavy (non-hydrogen) atoms. The summed E-state index contributed by atoms with van der Waals surface area (Å²) in [6, 6.07) is 18.0. The predicted octanol–water partition coefficient (Wildman–Crippen LogP) is 8.04. The normalized spacial score (nSPS) is 13.4. The van der Waals surface area contributed by atoms with E-state index in [1.807, 2.05) is 42.5 Å². The molecule has 0 radical (unpaired) electrons. The fraction of sp³-hybridized carbons (Fsp3) is 0.0400. The number of nitrogens with one attached hydrogen (secondary N) is 2. The first-order valence-corrected chi connectivity index (χ1v) is 11.4. The predicted molar refractivity (Wildman–Crippen MR) is 139 cm³/mol. The van der Waals surface area contributed by atoms with Crippen LogP contribution in [-0.4, -0.2) is 11.9 Å². The molecule has 0 atom stereocenters. The van der Waals surface area contributed by atoms with E-state index in [0.29, 0.717) is 11.3 Å². The zero-order chi connectivity index (χ0) is 23.4. The van der Waals surface area contributed by atoms with E-state index in [1.54, 1.807) is 24.3 Å². The molecule has 1 aliphatic carbocycles. The molecule has 3 aromatic carbocycles. The largest absolute Gasteiger partial charge is 0.326 e. The minimum atomic E-state index is -0.361. The molecule has 0 saturated carbocycles. The Bertz CT molecular complexity index is 1230. The first-order chi connectivity index (χ1) is 15.9. The van der Waals surface area contributed by atoms with Crippen molar-refractivity contribution >= 4 is 69.6 Å². The molecule has 4 nitrogen and oxygen atoms in total. The summed E-state index contributed by atoms with van der Waals surface area (Å²) >= 11 is 25.0. The molecule has 8 heteroatoms. The minimum Gasteiger partial charge on any atom is -0.326 e. The molecule has 1 amide bonds. The van der Waals surface area contributed by atoms with Crippen LogP contribution in [0.2, 0.25) is 20.1 Å².